The van der Waals surface area contributed by atoms with Crippen LogP contribution in [0.1, 0.15) is 27.7 Å². The highest BCUT2D eigenvalue weighted by molar-refractivity contribution is 5.73. The molecule has 1 heterocycles. The zero-order valence-corrected chi connectivity index (χ0v) is 22.5. The second-order valence-electron chi connectivity index (χ2n) is 8.70. The summed E-state index contributed by atoms with van der Waals surface area (Å²) in [5.41, 5.74) is -0.0112. The molecule has 1 aromatic carbocycles. The van der Waals surface area contributed by atoms with Crippen molar-refractivity contribution in [1.29, 1.82) is 0 Å². The SMILES string of the molecule is CC(=O)NC1[C@H](OCCOCCOCCOc2ccc([N+](=O)[O-])cc2)OC(COC(C)=O)[C@H](OC(C)=O)[C@@H]1C. The Kier molecular flexibility index (Phi) is 13.6. The van der Waals surface area contributed by atoms with Gasteiger partial charge in [0.2, 0.25) is 5.91 Å². The molecule has 1 aliphatic heterocycles. The van der Waals surface area contributed by atoms with Crippen molar-refractivity contribution in [2.45, 2.75) is 52.2 Å². The molecule has 1 fully saturated rings. The molecule has 0 spiro atoms. The van der Waals surface area contributed by atoms with Gasteiger partial charge in [-0.1, -0.05) is 6.92 Å². The van der Waals surface area contributed by atoms with E-state index in [9.17, 15) is 24.5 Å². The molecule has 1 aliphatic rings. The molecule has 0 radical (unpaired) electrons. The third-order valence-corrected chi connectivity index (χ3v) is 5.60. The summed E-state index contributed by atoms with van der Waals surface area (Å²) in [6, 6.07) is 5.14. The number of nitro benzene ring substituents is 1. The van der Waals surface area contributed by atoms with Crippen LogP contribution in [0.15, 0.2) is 24.3 Å². The topological polar surface area (TPSA) is 171 Å². The molecule has 0 saturated carbocycles. The minimum Gasteiger partial charge on any atom is -0.491 e. The highest BCUT2D eigenvalue weighted by Gasteiger charge is 2.47. The van der Waals surface area contributed by atoms with Crippen molar-refractivity contribution in [1.82, 2.24) is 5.32 Å². The third-order valence-electron chi connectivity index (χ3n) is 5.60. The molecule has 39 heavy (non-hydrogen) atoms. The third kappa shape index (κ3) is 11.5. The number of amides is 1. The molecule has 2 unspecified atom stereocenters. The van der Waals surface area contributed by atoms with Gasteiger partial charge >= 0.3 is 11.9 Å². The quantitative estimate of drug-likeness (QED) is 0.134. The Morgan fingerprint density at radius 2 is 1.56 bits per heavy atom. The molecule has 1 amide bonds. The molecule has 0 aliphatic carbocycles. The molecule has 2 rings (SSSR count). The van der Waals surface area contributed by atoms with Gasteiger partial charge in [-0.3, -0.25) is 24.5 Å². The van der Waals surface area contributed by atoms with Gasteiger partial charge in [0.05, 0.1) is 44.0 Å². The number of nitro groups is 1. The lowest BCUT2D eigenvalue weighted by Crippen LogP contribution is -2.62. The van der Waals surface area contributed by atoms with Crippen molar-refractivity contribution >= 4 is 23.5 Å². The minimum absolute atomic E-state index is 0.0112. The first-order valence-corrected chi connectivity index (χ1v) is 12.5. The number of hydrogen-bond donors (Lipinski definition) is 1. The maximum Gasteiger partial charge on any atom is 0.303 e. The van der Waals surface area contributed by atoms with Crippen LogP contribution in [0, 0.1) is 16.0 Å². The van der Waals surface area contributed by atoms with Crippen LogP contribution in [0.5, 0.6) is 5.75 Å². The lowest BCUT2D eigenvalue weighted by Gasteiger charge is -2.44. The second-order valence-corrected chi connectivity index (χ2v) is 8.70. The predicted molar refractivity (Wildman–Crippen MR) is 134 cm³/mol. The molecule has 1 N–H and O–H groups in total. The highest BCUT2D eigenvalue weighted by atomic mass is 16.7. The standard InChI is InChI=1S/C25H36N2O12/c1-16-23(26-17(2)28)25(39-22(15-37-18(3)29)24(16)38-19(4)30)36-14-12-34-10-9-33-11-13-35-21-7-5-20(6-8-21)27(31)32/h5-8,16,22-25H,9-15H2,1-4H3,(H,26,28)/t16-,22?,23?,24-,25-/m1/s1. The van der Waals surface area contributed by atoms with E-state index in [4.69, 9.17) is 33.2 Å². The summed E-state index contributed by atoms with van der Waals surface area (Å²) in [4.78, 5) is 44.9. The van der Waals surface area contributed by atoms with Gasteiger partial charge in [-0.2, -0.15) is 0 Å². The lowest BCUT2D eigenvalue weighted by atomic mass is 9.88. The number of carbonyl (C=O) groups excluding carboxylic acids is 3. The lowest BCUT2D eigenvalue weighted by molar-refractivity contribution is -0.384. The molecule has 218 valence electrons. The predicted octanol–water partition coefficient (Wildman–Crippen LogP) is 1.38. The van der Waals surface area contributed by atoms with Crippen LogP contribution in [0.2, 0.25) is 0 Å². The molecule has 5 atom stereocenters. The summed E-state index contributed by atoms with van der Waals surface area (Å²) in [5.74, 6) is -1.25. The first-order valence-electron chi connectivity index (χ1n) is 12.5. The number of nitrogens with zero attached hydrogens (tertiary/aromatic N) is 1. The fourth-order valence-corrected chi connectivity index (χ4v) is 3.84. The van der Waals surface area contributed by atoms with Gasteiger partial charge in [0.1, 0.15) is 31.2 Å². The Balaban J connectivity index is 1.72. The van der Waals surface area contributed by atoms with Crippen LogP contribution in [0.25, 0.3) is 0 Å². The number of esters is 2. The van der Waals surface area contributed by atoms with Crippen LogP contribution < -0.4 is 10.1 Å². The maximum absolute atomic E-state index is 11.8. The second kappa shape index (κ2) is 16.6. The Hall–Kier alpha value is -3.33. The average Bonchev–Trinajstić information content (AvgIpc) is 2.87. The largest absolute Gasteiger partial charge is 0.491 e. The van der Waals surface area contributed by atoms with Crippen molar-refractivity contribution < 1.29 is 52.5 Å². The fourth-order valence-electron chi connectivity index (χ4n) is 3.84. The molecular weight excluding hydrogens is 520 g/mol. The number of carbonyl (C=O) groups is 3. The van der Waals surface area contributed by atoms with Crippen molar-refractivity contribution in [2.75, 3.05) is 46.2 Å². The van der Waals surface area contributed by atoms with Crippen molar-refractivity contribution in [3.8, 4) is 5.75 Å². The monoisotopic (exact) mass is 556 g/mol. The van der Waals surface area contributed by atoms with E-state index < -0.39 is 47.3 Å². The van der Waals surface area contributed by atoms with Gasteiger partial charge < -0.3 is 38.5 Å². The summed E-state index contributed by atoms with van der Waals surface area (Å²) in [5, 5.41) is 13.4. The Labute approximate surface area is 226 Å². The molecule has 0 bridgehead atoms. The maximum atomic E-state index is 11.8. The van der Waals surface area contributed by atoms with Gasteiger partial charge in [-0.25, -0.2) is 0 Å². The number of hydrogen-bond acceptors (Lipinski definition) is 12. The molecule has 1 aromatic rings. The Bertz CT molecular complexity index is 939. The van der Waals surface area contributed by atoms with Gasteiger partial charge in [0.25, 0.3) is 5.69 Å². The van der Waals surface area contributed by atoms with Crippen LogP contribution in [0.3, 0.4) is 0 Å². The Morgan fingerprint density at radius 1 is 0.949 bits per heavy atom. The van der Waals surface area contributed by atoms with Gasteiger partial charge in [0.15, 0.2) is 6.29 Å². The van der Waals surface area contributed by atoms with Crippen LogP contribution in [-0.2, 0) is 42.8 Å². The number of benzene rings is 1. The van der Waals surface area contributed by atoms with E-state index in [1.165, 1.54) is 45.0 Å². The summed E-state index contributed by atoms with van der Waals surface area (Å²) in [6.07, 6.45) is -2.45. The zero-order chi connectivity index (χ0) is 28.8. The fraction of sp³-hybridized carbons (Fsp3) is 0.640. The summed E-state index contributed by atoms with van der Waals surface area (Å²) < 4.78 is 38.7. The molecule has 0 aromatic heterocycles. The summed E-state index contributed by atoms with van der Waals surface area (Å²) in [6.45, 7) is 7.04. The van der Waals surface area contributed by atoms with Gasteiger partial charge in [-0.05, 0) is 12.1 Å². The van der Waals surface area contributed by atoms with E-state index in [0.29, 0.717) is 25.6 Å². The average molecular weight is 557 g/mol. The van der Waals surface area contributed by atoms with Crippen molar-refractivity contribution in [3.05, 3.63) is 34.4 Å². The zero-order valence-electron chi connectivity index (χ0n) is 22.5. The highest BCUT2D eigenvalue weighted by Crippen LogP contribution is 2.29. The van der Waals surface area contributed by atoms with Gasteiger partial charge in [0, 0.05) is 38.8 Å². The van der Waals surface area contributed by atoms with Gasteiger partial charge in [-0.15, -0.1) is 0 Å². The normalized spacial score (nSPS) is 22.5. The summed E-state index contributed by atoms with van der Waals surface area (Å²) >= 11 is 0. The van der Waals surface area contributed by atoms with Crippen LogP contribution in [0.4, 0.5) is 5.69 Å². The molecular formula is C25H36N2O12. The first kappa shape index (κ1) is 31.9. The number of nitrogens with one attached hydrogen (secondary N) is 1. The van der Waals surface area contributed by atoms with E-state index in [-0.39, 0.29) is 38.0 Å². The number of rotatable bonds is 16. The van der Waals surface area contributed by atoms with Crippen LogP contribution in [-0.4, -0.2) is 93.6 Å². The van der Waals surface area contributed by atoms with Crippen LogP contribution >= 0.6 is 0 Å². The summed E-state index contributed by atoms with van der Waals surface area (Å²) in [7, 11) is 0. The molecule has 14 heteroatoms. The van der Waals surface area contributed by atoms with E-state index in [1.807, 2.05) is 0 Å². The van der Waals surface area contributed by atoms with E-state index in [1.54, 1.807) is 6.92 Å². The number of ether oxygens (including phenoxy) is 7. The molecule has 14 nitrogen and oxygen atoms in total. The smallest absolute Gasteiger partial charge is 0.303 e. The molecule has 1 saturated heterocycles. The minimum atomic E-state index is -0.896. The Morgan fingerprint density at radius 3 is 2.13 bits per heavy atom. The van der Waals surface area contributed by atoms with Crippen molar-refractivity contribution in [3.63, 3.8) is 0 Å². The number of non-ortho nitro benzene ring substituents is 1. The van der Waals surface area contributed by atoms with E-state index >= 15 is 0 Å². The van der Waals surface area contributed by atoms with Crippen molar-refractivity contribution in [2.24, 2.45) is 5.92 Å². The van der Waals surface area contributed by atoms with E-state index in [0.717, 1.165) is 0 Å². The first-order chi connectivity index (χ1) is 18.6. The van der Waals surface area contributed by atoms with E-state index in [2.05, 4.69) is 5.32 Å².